The van der Waals surface area contributed by atoms with Gasteiger partial charge >= 0.3 is 0 Å². The van der Waals surface area contributed by atoms with Gasteiger partial charge in [-0.1, -0.05) is 58.8 Å². The van der Waals surface area contributed by atoms with Gasteiger partial charge in [0.25, 0.3) is 0 Å². The van der Waals surface area contributed by atoms with Gasteiger partial charge in [-0.05, 0) is 58.7 Å². The molecule has 4 heterocycles. The summed E-state index contributed by atoms with van der Waals surface area (Å²) in [6.07, 6.45) is 8.16. The number of halogens is 4. The largest absolute Gasteiger partial charge is 0.436 e. The molecule has 14 heteroatoms. The summed E-state index contributed by atoms with van der Waals surface area (Å²) in [7, 11) is 0. The lowest BCUT2D eigenvalue weighted by molar-refractivity contribution is 0.0827. The Morgan fingerprint density at radius 2 is 0.904 bits per heavy atom. The van der Waals surface area contributed by atoms with E-state index in [9.17, 15) is 17.6 Å². The molecule has 2 aliphatic rings. The zero-order valence-corrected chi connectivity index (χ0v) is 26.9. The second-order valence-electron chi connectivity index (χ2n) is 11.4. The standard InChI is InChI=1S/2C19H13F2N3O2/c2*20-14-3-1-2-12(6-14)13-4-5-16(17(21)7-13)18-8-19(24-26-18)25-15-9-22-11-23-10-15/h2*1-7,9-11,18H,8H2/t2*18-/m10/s1. The Balaban J connectivity index is 0.000000162. The third kappa shape index (κ3) is 8.18. The van der Waals surface area contributed by atoms with E-state index in [-0.39, 0.29) is 24.5 Å². The van der Waals surface area contributed by atoms with Gasteiger partial charge in [-0.3, -0.25) is 0 Å². The van der Waals surface area contributed by atoms with Crippen molar-refractivity contribution in [2.45, 2.75) is 25.0 Å². The first-order chi connectivity index (χ1) is 25.4. The summed E-state index contributed by atoms with van der Waals surface area (Å²) < 4.78 is 66.8. The number of ether oxygens (including phenoxy) is 2. The Labute approximate surface area is 294 Å². The highest BCUT2D eigenvalue weighted by molar-refractivity contribution is 5.80. The van der Waals surface area contributed by atoms with Gasteiger partial charge in [0.1, 0.15) is 35.9 Å². The molecule has 0 unspecified atom stereocenters. The van der Waals surface area contributed by atoms with Crippen LogP contribution < -0.4 is 9.47 Å². The van der Waals surface area contributed by atoms with E-state index in [1.807, 2.05) is 0 Å². The van der Waals surface area contributed by atoms with Crippen LogP contribution in [-0.4, -0.2) is 31.7 Å². The van der Waals surface area contributed by atoms with Crippen LogP contribution in [0.4, 0.5) is 17.6 Å². The van der Waals surface area contributed by atoms with Gasteiger partial charge in [0, 0.05) is 11.1 Å². The maximum Gasteiger partial charge on any atom is 0.235 e. The molecule has 2 aromatic heterocycles. The van der Waals surface area contributed by atoms with Gasteiger partial charge in [-0.15, -0.1) is 0 Å². The number of aromatic nitrogens is 4. The van der Waals surface area contributed by atoms with Crippen LogP contribution in [0.25, 0.3) is 22.3 Å². The molecule has 0 fully saturated rings. The van der Waals surface area contributed by atoms with Gasteiger partial charge in [0.05, 0.1) is 37.6 Å². The van der Waals surface area contributed by atoms with Crippen molar-refractivity contribution < 1.29 is 36.7 Å². The molecule has 10 nitrogen and oxygen atoms in total. The third-order valence-electron chi connectivity index (χ3n) is 7.84. The van der Waals surface area contributed by atoms with Crippen LogP contribution in [0.5, 0.6) is 11.5 Å². The van der Waals surface area contributed by atoms with E-state index in [4.69, 9.17) is 19.1 Å². The van der Waals surface area contributed by atoms with Crippen LogP contribution in [-0.2, 0) is 9.68 Å². The van der Waals surface area contributed by atoms with Crippen LogP contribution in [0.15, 0.2) is 133 Å². The minimum atomic E-state index is -0.587. The van der Waals surface area contributed by atoms with Crippen LogP contribution in [0.1, 0.15) is 36.2 Å². The van der Waals surface area contributed by atoms with Crippen LogP contribution >= 0.6 is 0 Å². The molecule has 2 aliphatic heterocycles. The molecule has 0 saturated carbocycles. The molecule has 52 heavy (non-hydrogen) atoms. The molecule has 260 valence electrons. The molecule has 0 saturated heterocycles. The second kappa shape index (κ2) is 15.5. The highest BCUT2D eigenvalue weighted by Crippen LogP contribution is 2.34. The number of rotatable bonds is 6. The number of hydrogen-bond acceptors (Lipinski definition) is 10. The molecular formula is C38H26F4N6O4. The fourth-order valence-corrected chi connectivity index (χ4v) is 5.39. The van der Waals surface area contributed by atoms with E-state index in [1.165, 1.54) is 73.8 Å². The summed E-state index contributed by atoms with van der Waals surface area (Å²) in [5.41, 5.74) is 3.10. The van der Waals surface area contributed by atoms with Crippen molar-refractivity contribution in [1.82, 2.24) is 19.9 Å². The minimum Gasteiger partial charge on any atom is -0.436 e. The summed E-state index contributed by atoms with van der Waals surface area (Å²) in [5.74, 6) is -0.142. The fraction of sp³-hybridized carbons (Fsp3) is 0.105. The quantitative estimate of drug-likeness (QED) is 0.158. The van der Waals surface area contributed by atoms with Crippen LogP contribution in [0.3, 0.4) is 0 Å². The summed E-state index contributed by atoms with van der Waals surface area (Å²) in [4.78, 5) is 26.0. The van der Waals surface area contributed by atoms with Crippen molar-refractivity contribution >= 4 is 11.8 Å². The molecule has 6 aromatic rings. The lowest BCUT2D eigenvalue weighted by atomic mass is 10.00. The number of hydrogen-bond donors (Lipinski definition) is 0. The normalized spacial score (nSPS) is 16.1. The van der Waals surface area contributed by atoms with Crippen molar-refractivity contribution in [2.75, 3.05) is 0 Å². The zero-order valence-electron chi connectivity index (χ0n) is 26.9. The second-order valence-corrected chi connectivity index (χ2v) is 11.4. The third-order valence-corrected chi connectivity index (χ3v) is 7.84. The van der Waals surface area contributed by atoms with E-state index in [2.05, 4.69) is 30.2 Å². The van der Waals surface area contributed by atoms with Gasteiger partial charge in [-0.25, -0.2) is 37.5 Å². The molecular weight excluding hydrogens is 680 g/mol. The zero-order chi connectivity index (χ0) is 35.9. The topological polar surface area (TPSA) is 113 Å². The average molecular weight is 707 g/mol. The Kier molecular flexibility index (Phi) is 10.0. The highest BCUT2D eigenvalue weighted by atomic mass is 19.1. The molecule has 0 amide bonds. The molecule has 8 rings (SSSR count). The maximum absolute atomic E-state index is 14.6. The van der Waals surface area contributed by atoms with Crippen molar-refractivity contribution in [2.24, 2.45) is 10.3 Å². The van der Waals surface area contributed by atoms with Gasteiger partial charge in [-0.2, -0.15) is 0 Å². The Morgan fingerprint density at radius 1 is 0.500 bits per heavy atom. The van der Waals surface area contributed by atoms with Crippen molar-refractivity contribution in [1.29, 1.82) is 0 Å². The maximum atomic E-state index is 14.6. The minimum absolute atomic E-state index is 0.283. The van der Waals surface area contributed by atoms with E-state index in [0.29, 0.717) is 56.7 Å². The number of benzene rings is 4. The van der Waals surface area contributed by atoms with Crippen molar-refractivity contribution in [3.05, 3.63) is 157 Å². The summed E-state index contributed by atoms with van der Waals surface area (Å²) in [5, 5.41) is 7.69. The van der Waals surface area contributed by atoms with Gasteiger partial charge in [0.2, 0.25) is 11.8 Å². The van der Waals surface area contributed by atoms with Gasteiger partial charge in [0.15, 0.2) is 23.7 Å². The van der Waals surface area contributed by atoms with Crippen LogP contribution in [0, 0.1) is 23.3 Å². The summed E-state index contributed by atoms with van der Waals surface area (Å²) >= 11 is 0. The smallest absolute Gasteiger partial charge is 0.235 e. The predicted octanol–water partition coefficient (Wildman–Crippen LogP) is 8.55. The van der Waals surface area contributed by atoms with Crippen molar-refractivity contribution in [3.63, 3.8) is 0 Å². The molecule has 0 spiro atoms. The number of nitrogens with zero attached hydrogens (tertiary/aromatic N) is 6. The van der Waals surface area contributed by atoms with Crippen LogP contribution in [0.2, 0.25) is 0 Å². The summed E-state index contributed by atoms with van der Waals surface area (Å²) in [6, 6.07) is 21.4. The van der Waals surface area contributed by atoms with Gasteiger partial charge < -0.3 is 19.1 Å². The molecule has 0 aliphatic carbocycles. The molecule has 0 N–H and O–H groups in total. The van der Waals surface area contributed by atoms with Crippen molar-refractivity contribution in [3.8, 4) is 33.8 Å². The lowest BCUT2D eigenvalue weighted by Gasteiger charge is -2.11. The van der Waals surface area contributed by atoms with E-state index >= 15 is 0 Å². The average Bonchev–Trinajstić information content (AvgIpc) is 3.82. The van der Waals surface area contributed by atoms with E-state index in [1.54, 1.807) is 48.5 Å². The predicted molar refractivity (Wildman–Crippen MR) is 181 cm³/mol. The Hall–Kier alpha value is -6.70. The first-order valence-electron chi connectivity index (χ1n) is 15.8. The Bertz CT molecular complexity index is 2090. The first kappa shape index (κ1) is 33.8. The summed E-state index contributed by atoms with van der Waals surface area (Å²) in [6.45, 7) is 0. The first-order valence-corrected chi connectivity index (χ1v) is 15.8. The highest BCUT2D eigenvalue weighted by Gasteiger charge is 2.28. The lowest BCUT2D eigenvalue weighted by Crippen LogP contribution is -2.08. The molecule has 4 aromatic carbocycles. The molecule has 2 atom stereocenters. The monoisotopic (exact) mass is 706 g/mol. The molecule has 0 bridgehead atoms. The number of oxime groups is 2. The molecule has 0 radical (unpaired) electrons. The van der Waals surface area contributed by atoms with E-state index < -0.39 is 23.8 Å². The Morgan fingerprint density at radius 3 is 1.29 bits per heavy atom. The SMILES string of the molecule is Fc1cccc(-c2ccc([C@@H]3CC(Oc4cncnc4)=NO3)c(F)c2)c1.Fc1cccc(-c2ccc([C@H]3CC(Oc4cncnc4)=NO3)c(F)c2)c1. The fourth-order valence-electron chi connectivity index (χ4n) is 5.39. The van der Waals surface area contributed by atoms with E-state index in [0.717, 1.165) is 0 Å².